The van der Waals surface area contributed by atoms with Crippen LogP contribution in [0.15, 0.2) is 41.1 Å². The Labute approximate surface area is 83.9 Å². The molecule has 1 heterocycles. The fraction of sp³-hybridized carbons (Fsp3) is 0.417. The van der Waals surface area contributed by atoms with Crippen molar-refractivity contribution in [3.05, 3.63) is 36.1 Å². The van der Waals surface area contributed by atoms with E-state index in [-0.39, 0.29) is 16.9 Å². The maximum atomic E-state index is 6.16. The summed E-state index contributed by atoms with van der Waals surface area (Å²) in [7, 11) is 0. The number of aliphatic imine (C=N–C) groups is 1. The first kappa shape index (κ1) is 8.18. The molecule has 3 aliphatic rings. The highest BCUT2D eigenvalue weighted by molar-refractivity contribution is 5.85. The minimum absolute atomic E-state index is 0.160. The van der Waals surface area contributed by atoms with E-state index >= 15 is 0 Å². The third-order valence-electron chi connectivity index (χ3n) is 4.04. The van der Waals surface area contributed by atoms with E-state index in [4.69, 9.17) is 5.73 Å². The molecule has 0 radical (unpaired) electrons. The molecule has 1 spiro atoms. The number of hydrogen-bond acceptors (Lipinski definition) is 2. The molecule has 72 valence electrons. The van der Waals surface area contributed by atoms with E-state index < -0.39 is 0 Å². The summed E-state index contributed by atoms with van der Waals surface area (Å²) in [6, 6.07) is 0.160. The van der Waals surface area contributed by atoms with Gasteiger partial charge in [-0.2, -0.15) is 0 Å². The van der Waals surface area contributed by atoms with Gasteiger partial charge in [0.15, 0.2) is 0 Å². The molecule has 1 fully saturated rings. The Balaban J connectivity index is 2.15. The third-order valence-corrected chi connectivity index (χ3v) is 4.04. The molecule has 3 atom stereocenters. The SMILES string of the molecule is CC12CC13C=CN=CC3=CC=CC2N. The van der Waals surface area contributed by atoms with Crippen molar-refractivity contribution in [3.63, 3.8) is 0 Å². The van der Waals surface area contributed by atoms with Crippen LogP contribution in [0.1, 0.15) is 13.3 Å². The average molecular weight is 186 g/mol. The third kappa shape index (κ3) is 0.735. The van der Waals surface area contributed by atoms with E-state index in [1.54, 1.807) is 0 Å². The van der Waals surface area contributed by atoms with E-state index in [1.807, 2.05) is 12.4 Å². The van der Waals surface area contributed by atoms with Crippen LogP contribution in [0.25, 0.3) is 0 Å². The largest absolute Gasteiger partial charge is 0.324 e. The number of nitrogens with zero attached hydrogens (tertiary/aromatic N) is 1. The van der Waals surface area contributed by atoms with Crippen molar-refractivity contribution in [2.24, 2.45) is 21.6 Å². The van der Waals surface area contributed by atoms with Crippen LogP contribution in [0.4, 0.5) is 0 Å². The molecule has 0 amide bonds. The first-order chi connectivity index (χ1) is 6.69. The summed E-state index contributed by atoms with van der Waals surface area (Å²) >= 11 is 0. The zero-order chi connectivity index (χ0) is 9.81. The van der Waals surface area contributed by atoms with Crippen molar-refractivity contribution >= 4 is 6.21 Å². The Morgan fingerprint density at radius 1 is 1.57 bits per heavy atom. The second-order valence-corrected chi connectivity index (χ2v) is 4.69. The first-order valence-corrected chi connectivity index (χ1v) is 5.04. The lowest BCUT2D eigenvalue weighted by atomic mass is 9.83. The summed E-state index contributed by atoms with van der Waals surface area (Å²) in [4.78, 5) is 4.18. The van der Waals surface area contributed by atoms with Crippen molar-refractivity contribution in [3.8, 4) is 0 Å². The van der Waals surface area contributed by atoms with Gasteiger partial charge < -0.3 is 5.73 Å². The van der Waals surface area contributed by atoms with Gasteiger partial charge in [0.1, 0.15) is 0 Å². The molecule has 0 saturated heterocycles. The van der Waals surface area contributed by atoms with E-state index in [0.29, 0.717) is 0 Å². The molecule has 3 rings (SSSR count). The summed E-state index contributed by atoms with van der Waals surface area (Å²) in [5.74, 6) is 0. The standard InChI is InChI=1S/C12H14N2/c1-11-8-12(11)5-6-14-7-9(12)3-2-4-10(11)13/h2-7,10H,8,13H2,1H3. The summed E-state index contributed by atoms with van der Waals surface area (Å²) in [5, 5.41) is 0. The van der Waals surface area contributed by atoms with Gasteiger partial charge in [-0.3, -0.25) is 4.99 Å². The zero-order valence-corrected chi connectivity index (χ0v) is 8.27. The molecule has 0 aromatic carbocycles. The zero-order valence-electron chi connectivity index (χ0n) is 8.27. The molecule has 2 nitrogen and oxygen atoms in total. The molecule has 2 aliphatic carbocycles. The van der Waals surface area contributed by atoms with Crippen LogP contribution in [0.3, 0.4) is 0 Å². The Morgan fingerprint density at radius 2 is 2.43 bits per heavy atom. The Hall–Kier alpha value is -1.15. The van der Waals surface area contributed by atoms with Crippen LogP contribution in [0.2, 0.25) is 0 Å². The highest BCUT2D eigenvalue weighted by Gasteiger charge is 2.67. The number of nitrogens with two attached hydrogens (primary N) is 1. The second kappa shape index (κ2) is 2.26. The molecule has 0 aromatic rings. The topological polar surface area (TPSA) is 38.4 Å². The van der Waals surface area contributed by atoms with Crippen LogP contribution in [0.5, 0.6) is 0 Å². The fourth-order valence-corrected chi connectivity index (χ4v) is 2.82. The van der Waals surface area contributed by atoms with E-state index in [2.05, 4.69) is 36.2 Å². The van der Waals surface area contributed by atoms with Crippen LogP contribution in [-0.4, -0.2) is 12.3 Å². The predicted octanol–water partition coefficient (Wildman–Crippen LogP) is 1.80. The van der Waals surface area contributed by atoms with Crippen molar-refractivity contribution in [2.45, 2.75) is 19.4 Å². The molecular formula is C12H14N2. The lowest BCUT2D eigenvalue weighted by molar-refractivity contribution is 0.431. The predicted molar refractivity (Wildman–Crippen MR) is 58.0 cm³/mol. The van der Waals surface area contributed by atoms with Gasteiger partial charge in [-0.05, 0) is 12.0 Å². The van der Waals surface area contributed by atoms with Crippen molar-refractivity contribution in [1.29, 1.82) is 0 Å². The molecule has 1 aliphatic heterocycles. The van der Waals surface area contributed by atoms with Crippen molar-refractivity contribution in [1.82, 2.24) is 0 Å². The normalized spacial score (nSPS) is 47.9. The molecule has 2 heteroatoms. The van der Waals surface area contributed by atoms with E-state index in [1.165, 1.54) is 5.57 Å². The van der Waals surface area contributed by atoms with Crippen LogP contribution < -0.4 is 5.73 Å². The second-order valence-electron chi connectivity index (χ2n) is 4.69. The molecule has 1 saturated carbocycles. The number of rotatable bonds is 0. The van der Waals surface area contributed by atoms with E-state index in [9.17, 15) is 0 Å². The minimum atomic E-state index is 0.160. The van der Waals surface area contributed by atoms with Crippen molar-refractivity contribution < 1.29 is 0 Å². The van der Waals surface area contributed by atoms with Gasteiger partial charge in [0.25, 0.3) is 0 Å². The average Bonchev–Trinajstić information content (AvgIpc) is 2.78. The van der Waals surface area contributed by atoms with Gasteiger partial charge in [-0.25, -0.2) is 0 Å². The molecule has 0 bridgehead atoms. The fourth-order valence-electron chi connectivity index (χ4n) is 2.82. The number of hydrogen-bond donors (Lipinski definition) is 1. The quantitative estimate of drug-likeness (QED) is 0.615. The van der Waals surface area contributed by atoms with E-state index in [0.717, 1.165) is 6.42 Å². The highest BCUT2D eigenvalue weighted by Crippen LogP contribution is 2.70. The summed E-state index contributed by atoms with van der Waals surface area (Å²) in [6.45, 7) is 2.27. The minimum Gasteiger partial charge on any atom is -0.324 e. The van der Waals surface area contributed by atoms with Gasteiger partial charge in [-0.1, -0.05) is 31.2 Å². The maximum Gasteiger partial charge on any atom is 0.0308 e. The maximum absolute atomic E-state index is 6.16. The van der Waals surface area contributed by atoms with Crippen LogP contribution in [0, 0.1) is 10.8 Å². The van der Waals surface area contributed by atoms with Crippen molar-refractivity contribution in [2.75, 3.05) is 0 Å². The van der Waals surface area contributed by atoms with Gasteiger partial charge in [0.05, 0.1) is 0 Å². The Bertz CT molecular complexity index is 403. The first-order valence-electron chi connectivity index (χ1n) is 5.04. The molecule has 2 N–H and O–H groups in total. The lowest BCUT2D eigenvalue weighted by Crippen LogP contribution is -2.32. The molecule has 14 heavy (non-hydrogen) atoms. The molecule has 3 unspecified atom stereocenters. The summed E-state index contributed by atoms with van der Waals surface area (Å²) in [6.07, 6.45) is 13.5. The van der Waals surface area contributed by atoms with Gasteiger partial charge in [0, 0.05) is 29.3 Å². The van der Waals surface area contributed by atoms with Crippen LogP contribution in [-0.2, 0) is 0 Å². The lowest BCUT2D eigenvalue weighted by Gasteiger charge is -2.24. The Kier molecular flexibility index (Phi) is 1.32. The summed E-state index contributed by atoms with van der Waals surface area (Å²) < 4.78 is 0. The van der Waals surface area contributed by atoms with Gasteiger partial charge in [0.2, 0.25) is 0 Å². The smallest absolute Gasteiger partial charge is 0.0308 e. The van der Waals surface area contributed by atoms with Gasteiger partial charge >= 0.3 is 0 Å². The highest BCUT2D eigenvalue weighted by atomic mass is 14.8. The molecular weight excluding hydrogens is 172 g/mol. The number of allylic oxidation sites excluding steroid dienone is 4. The van der Waals surface area contributed by atoms with Crippen LogP contribution >= 0.6 is 0 Å². The summed E-state index contributed by atoms with van der Waals surface area (Å²) in [5.41, 5.74) is 7.85. The van der Waals surface area contributed by atoms with Gasteiger partial charge in [-0.15, -0.1) is 0 Å². The molecule has 0 aromatic heterocycles. The Morgan fingerprint density at radius 3 is 3.29 bits per heavy atom. The monoisotopic (exact) mass is 186 g/mol.